The zero-order valence-electron chi connectivity index (χ0n) is 19.9. The summed E-state index contributed by atoms with van der Waals surface area (Å²) in [5, 5.41) is 16.2. The van der Waals surface area contributed by atoms with Gasteiger partial charge in [0.2, 0.25) is 5.95 Å². The van der Waals surface area contributed by atoms with Crippen molar-refractivity contribution >= 4 is 60.2 Å². The molecule has 0 saturated carbocycles. The van der Waals surface area contributed by atoms with E-state index in [1.54, 1.807) is 12.5 Å². The highest BCUT2D eigenvalue weighted by molar-refractivity contribution is 5.86. The van der Waals surface area contributed by atoms with Crippen molar-refractivity contribution < 1.29 is 5.11 Å². The Bertz CT molecular complexity index is 1170. The third kappa shape index (κ3) is 7.18. The quantitative estimate of drug-likeness (QED) is 0.257. The van der Waals surface area contributed by atoms with E-state index >= 15 is 0 Å². The van der Waals surface area contributed by atoms with Crippen molar-refractivity contribution in [1.82, 2.24) is 24.5 Å². The molecule has 0 radical (unpaired) electrons. The average molecular weight is 541 g/mol. The summed E-state index contributed by atoms with van der Waals surface area (Å²) in [4.78, 5) is 18.3. The van der Waals surface area contributed by atoms with Crippen molar-refractivity contribution in [2.24, 2.45) is 0 Å². The summed E-state index contributed by atoms with van der Waals surface area (Å²) in [6, 6.07) is 14.3. The first kappa shape index (κ1) is 30.4. The minimum Gasteiger partial charge on any atom is -0.394 e. The largest absolute Gasteiger partial charge is 0.394 e. The molecule has 3 aromatic heterocycles. The van der Waals surface area contributed by atoms with Crippen LogP contribution in [-0.4, -0.2) is 42.3 Å². The third-order valence-electron chi connectivity index (χ3n) is 5.40. The minimum absolute atomic E-state index is 0. The van der Waals surface area contributed by atoms with Gasteiger partial charge in [-0.3, -0.25) is 4.98 Å². The number of rotatable bonds is 9. The van der Waals surface area contributed by atoms with Crippen molar-refractivity contribution in [3.8, 4) is 11.3 Å². The van der Waals surface area contributed by atoms with Crippen molar-refractivity contribution in [1.29, 1.82) is 0 Å². The summed E-state index contributed by atoms with van der Waals surface area (Å²) in [5.74, 6) is 1.15. The second-order valence-corrected chi connectivity index (χ2v) is 8.01. The molecule has 35 heavy (non-hydrogen) atoms. The molecule has 1 atom stereocenters. The standard InChI is InChI=1S/C24H29N7O.3ClH/c1-4-19(14-32)28-24-29-22(21-23(30-24)31(15-27-21)16(2)3)26-13-17-8-10-18(11-9-17)20-7-5-6-12-25-20;;;/h5-12,15-16,19,32H,4,13-14H2,1-3H3,(H2,26,28,29,30);3*1H/t19-;;;/m1.../s1. The molecular formula is C24H32Cl3N7O. The van der Waals surface area contributed by atoms with E-state index in [4.69, 9.17) is 0 Å². The molecule has 3 heterocycles. The van der Waals surface area contributed by atoms with Crippen molar-refractivity contribution in [3.63, 3.8) is 0 Å². The maximum Gasteiger partial charge on any atom is 0.227 e. The number of aromatic nitrogens is 5. The first-order chi connectivity index (χ1) is 15.6. The van der Waals surface area contributed by atoms with Crippen molar-refractivity contribution in [3.05, 3.63) is 60.6 Å². The Morgan fingerprint density at radius 2 is 1.71 bits per heavy atom. The van der Waals surface area contributed by atoms with Crippen LogP contribution in [0.2, 0.25) is 0 Å². The summed E-state index contributed by atoms with van der Waals surface area (Å²) < 4.78 is 2.02. The third-order valence-corrected chi connectivity index (χ3v) is 5.40. The molecule has 0 aliphatic carbocycles. The molecule has 3 N–H and O–H groups in total. The number of halogens is 3. The van der Waals surface area contributed by atoms with Crippen LogP contribution in [-0.2, 0) is 6.54 Å². The number of anilines is 2. The Morgan fingerprint density at radius 3 is 2.31 bits per heavy atom. The fourth-order valence-corrected chi connectivity index (χ4v) is 3.45. The number of fused-ring (bicyclic) bond motifs is 1. The lowest BCUT2D eigenvalue weighted by Gasteiger charge is -2.16. The summed E-state index contributed by atoms with van der Waals surface area (Å²) in [6.45, 7) is 6.81. The van der Waals surface area contributed by atoms with Crippen LogP contribution in [0.25, 0.3) is 22.4 Å². The molecule has 190 valence electrons. The highest BCUT2D eigenvalue weighted by Crippen LogP contribution is 2.25. The van der Waals surface area contributed by atoms with E-state index in [-0.39, 0.29) is 55.9 Å². The molecule has 4 aromatic rings. The van der Waals surface area contributed by atoms with Crippen LogP contribution in [0.5, 0.6) is 0 Å². The fraction of sp³-hybridized carbons (Fsp3) is 0.333. The molecule has 8 nitrogen and oxygen atoms in total. The smallest absolute Gasteiger partial charge is 0.227 e. The SMILES string of the molecule is CC[C@H](CO)Nc1nc(NCc2ccc(-c3ccccn3)cc2)c2ncn(C(C)C)c2n1.Cl.Cl.Cl. The summed E-state index contributed by atoms with van der Waals surface area (Å²) >= 11 is 0. The molecule has 0 saturated heterocycles. The molecule has 11 heteroatoms. The van der Waals surface area contributed by atoms with Gasteiger partial charge in [-0.25, -0.2) is 4.98 Å². The van der Waals surface area contributed by atoms with Gasteiger partial charge in [0.1, 0.15) is 0 Å². The zero-order valence-corrected chi connectivity index (χ0v) is 22.3. The lowest BCUT2D eigenvalue weighted by atomic mass is 10.1. The molecule has 0 fully saturated rings. The number of pyridine rings is 1. The van der Waals surface area contributed by atoms with Crippen LogP contribution < -0.4 is 10.6 Å². The number of imidazole rings is 1. The molecule has 1 aromatic carbocycles. The van der Waals surface area contributed by atoms with Gasteiger partial charge in [-0.2, -0.15) is 9.97 Å². The molecule has 4 rings (SSSR count). The monoisotopic (exact) mass is 539 g/mol. The Labute approximate surface area is 224 Å². The van der Waals surface area contributed by atoms with Crippen LogP contribution in [0.4, 0.5) is 11.8 Å². The average Bonchev–Trinajstić information content (AvgIpc) is 3.26. The Kier molecular flexibility index (Phi) is 12.2. The van der Waals surface area contributed by atoms with E-state index in [0.717, 1.165) is 34.4 Å². The summed E-state index contributed by atoms with van der Waals surface area (Å²) in [5.41, 5.74) is 4.64. The fourth-order valence-electron chi connectivity index (χ4n) is 3.45. The lowest BCUT2D eigenvalue weighted by molar-refractivity contribution is 0.271. The molecule has 0 unspecified atom stereocenters. The first-order valence-electron chi connectivity index (χ1n) is 10.9. The number of nitrogens with zero attached hydrogens (tertiary/aromatic N) is 5. The van der Waals surface area contributed by atoms with Crippen LogP contribution in [0.1, 0.15) is 38.8 Å². The maximum atomic E-state index is 9.57. The van der Waals surface area contributed by atoms with Gasteiger partial charge in [0.05, 0.1) is 24.7 Å². The van der Waals surface area contributed by atoms with E-state index in [2.05, 4.69) is 68.7 Å². The van der Waals surface area contributed by atoms with Gasteiger partial charge in [0, 0.05) is 24.3 Å². The van der Waals surface area contributed by atoms with E-state index in [9.17, 15) is 5.11 Å². The van der Waals surface area contributed by atoms with Gasteiger partial charge < -0.3 is 20.3 Å². The van der Waals surface area contributed by atoms with Crippen molar-refractivity contribution in [2.45, 2.75) is 45.8 Å². The van der Waals surface area contributed by atoms with Gasteiger partial charge in [-0.1, -0.05) is 37.3 Å². The number of benzene rings is 1. The second kappa shape index (κ2) is 14.0. The number of hydrogen-bond donors (Lipinski definition) is 3. The minimum atomic E-state index is -0.102. The van der Waals surface area contributed by atoms with E-state index < -0.39 is 0 Å². The molecule has 0 bridgehead atoms. The summed E-state index contributed by atoms with van der Waals surface area (Å²) in [6.07, 6.45) is 4.36. The topological polar surface area (TPSA) is 101 Å². The Morgan fingerprint density at radius 1 is 0.971 bits per heavy atom. The molecule has 0 spiro atoms. The van der Waals surface area contributed by atoms with Gasteiger partial charge in [0.15, 0.2) is 17.0 Å². The Hall–Kier alpha value is -2.65. The molecule has 0 amide bonds. The van der Waals surface area contributed by atoms with Crippen LogP contribution in [0.3, 0.4) is 0 Å². The van der Waals surface area contributed by atoms with E-state index in [0.29, 0.717) is 18.3 Å². The maximum absolute atomic E-state index is 9.57. The predicted octanol–water partition coefficient (Wildman–Crippen LogP) is 5.53. The molecule has 0 aliphatic rings. The predicted molar refractivity (Wildman–Crippen MR) is 149 cm³/mol. The molecule has 0 aliphatic heterocycles. The van der Waals surface area contributed by atoms with Gasteiger partial charge in [-0.05, 0) is 38.0 Å². The number of aliphatic hydroxyl groups is 1. The second-order valence-electron chi connectivity index (χ2n) is 8.01. The zero-order chi connectivity index (χ0) is 22.5. The number of hydrogen-bond acceptors (Lipinski definition) is 7. The van der Waals surface area contributed by atoms with E-state index in [1.165, 1.54) is 0 Å². The van der Waals surface area contributed by atoms with Gasteiger partial charge in [-0.15, -0.1) is 37.2 Å². The van der Waals surface area contributed by atoms with E-state index in [1.807, 2.05) is 29.7 Å². The highest BCUT2D eigenvalue weighted by atomic mass is 35.5. The number of nitrogens with one attached hydrogen (secondary N) is 2. The van der Waals surface area contributed by atoms with Crippen LogP contribution in [0.15, 0.2) is 55.0 Å². The Balaban J connectivity index is 0.00000204. The van der Waals surface area contributed by atoms with Crippen LogP contribution in [0, 0.1) is 0 Å². The molecular weight excluding hydrogens is 509 g/mol. The highest BCUT2D eigenvalue weighted by Gasteiger charge is 2.16. The normalized spacial score (nSPS) is 11.2. The first-order valence-corrected chi connectivity index (χ1v) is 10.9. The summed E-state index contributed by atoms with van der Waals surface area (Å²) in [7, 11) is 0. The van der Waals surface area contributed by atoms with Gasteiger partial charge >= 0.3 is 0 Å². The lowest BCUT2D eigenvalue weighted by Crippen LogP contribution is -2.24. The van der Waals surface area contributed by atoms with Crippen molar-refractivity contribution in [2.75, 3.05) is 17.2 Å². The van der Waals surface area contributed by atoms with Gasteiger partial charge in [0.25, 0.3) is 0 Å². The number of aliphatic hydroxyl groups excluding tert-OH is 1. The van der Waals surface area contributed by atoms with Crippen LogP contribution >= 0.6 is 37.2 Å².